The summed E-state index contributed by atoms with van der Waals surface area (Å²) in [7, 11) is 0. The van der Waals surface area contributed by atoms with Crippen LogP contribution in [0.2, 0.25) is 10.0 Å². The van der Waals surface area contributed by atoms with E-state index in [2.05, 4.69) is 0 Å². The number of non-ortho nitro benzene ring substituents is 2. The van der Waals surface area contributed by atoms with E-state index in [1.807, 2.05) is 6.07 Å². The summed E-state index contributed by atoms with van der Waals surface area (Å²) < 4.78 is 5.50. The van der Waals surface area contributed by atoms with Gasteiger partial charge >= 0.3 is 5.69 Å². The highest BCUT2D eigenvalue weighted by molar-refractivity contribution is 6.37. The van der Waals surface area contributed by atoms with Crippen molar-refractivity contribution in [3.8, 4) is 17.6 Å². The quantitative estimate of drug-likeness (QED) is 0.152. The third-order valence-corrected chi connectivity index (χ3v) is 4.96. The minimum absolute atomic E-state index is 0.0487. The van der Waals surface area contributed by atoms with Crippen LogP contribution in [0, 0.1) is 41.7 Å². The van der Waals surface area contributed by atoms with Gasteiger partial charge in [-0.2, -0.15) is 5.26 Å². The largest absolute Gasteiger partial charge is 0.447 e. The summed E-state index contributed by atoms with van der Waals surface area (Å²) in [5.41, 5.74) is -0.310. The first-order valence-corrected chi connectivity index (χ1v) is 9.82. The van der Waals surface area contributed by atoms with Gasteiger partial charge in [0.15, 0.2) is 5.75 Å². The molecule has 11 nitrogen and oxygen atoms in total. The Kier molecular flexibility index (Phi) is 7.06. The van der Waals surface area contributed by atoms with Crippen molar-refractivity contribution in [1.82, 2.24) is 0 Å². The fourth-order valence-electron chi connectivity index (χ4n) is 2.83. The van der Waals surface area contributed by atoms with Crippen LogP contribution in [0.3, 0.4) is 0 Å². The minimum Gasteiger partial charge on any atom is -0.447 e. The van der Waals surface area contributed by atoms with E-state index in [1.54, 1.807) is 0 Å². The predicted octanol–water partition coefficient (Wildman–Crippen LogP) is 6.57. The van der Waals surface area contributed by atoms with Gasteiger partial charge in [-0.25, -0.2) is 0 Å². The fraction of sp³-hybridized carbons (Fsp3) is 0. The molecule has 3 aromatic carbocycles. The highest BCUT2D eigenvalue weighted by Gasteiger charge is 2.23. The molecule has 0 heterocycles. The lowest BCUT2D eigenvalue weighted by molar-refractivity contribution is -0.394. The minimum atomic E-state index is -0.843. The van der Waals surface area contributed by atoms with Crippen molar-refractivity contribution >= 4 is 51.9 Å². The lowest BCUT2D eigenvalue weighted by Crippen LogP contribution is -1.97. The number of nitrogens with zero attached hydrogens (tertiary/aromatic N) is 4. The van der Waals surface area contributed by atoms with Crippen molar-refractivity contribution in [3.05, 3.63) is 106 Å². The van der Waals surface area contributed by atoms with Gasteiger partial charge in [-0.15, -0.1) is 0 Å². The second-order valence-corrected chi connectivity index (χ2v) is 7.37. The van der Waals surface area contributed by atoms with Gasteiger partial charge in [-0.3, -0.25) is 30.3 Å². The van der Waals surface area contributed by atoms with E-state index in [0.717, 1.165) is 18.2 Å². The van der Waals surface area contributed by atoms with E-state index in [9.17, 15) is 35.6 Å². The van der Waals surface area contributed by atoms with Crippen LogP contribution in [-0.2, 0) is 0 Å². The Morgan fingerprint density at radius 1 is 0.853 bits per heavy atom. The summed E-state index contributed by atoms with van der Waals surface area (Å²) in [6, 6.07) is 13.0. The summed E-state index contributed by atoms with van der Waals surface area (Å²) in [5, 5.41) is 42.4. The lowest BCUT2D eigenvalue weighted by atomic mass is 10.0. The van der Waals surface area contributed by atoms with Crippen LogP contribution in [0.5, 0.6) is 11.5 Å². The Hall–Kier alpha value is -4.53. The van der Waals surface area contributed by atoms with Crippen LogP contribution >= 0.6 is 23.2 Å². The molecule has 0 unspecified atom stereocenters. The SMILES string of the molecule is N#C/C(=C\c1cc(Cl)c(Oc2ccc([N+](=O)[O-])cc2[N+](=O)[O-])c(Cl)c1)c1ccc([N+](=O)[O-])cc1. The first-order chi connectivity index (χ1) is 16.1. The predicted molar refractivity (Wildman–Crippen MR) is 123 cm³/mol. The highest BCUT2D eigenvalue weighted by Crippen LogP contribution is 2.41. The molecule has 0 amide bonds. The van der Waals surface area contributed by atoms with Crippen LogP contribution < -0.4 is 4.74 Å². The smallest absolute Gasteiger partial charge is 0.318 e. The molecule has 0 aliphatic rings. The van der Waals surface area contributed by atoms with Gasteiger partial charge in [0.1, 0.15) is 0 Å². The zero-order valence-electron chi connectivity index (χ0n) is 16.7. The van der Waals surface area contributed by atoms with E-state index >= 15 is 0 Å². The van der Waals surface area contributed by atoms with Crippen molar-refractivity contribution < 1.29 is 19.5 Å². The van der Waals surface area contributed by atoms with Gasteiger partial charge in [-0.1, -0.05) is 23.2 Å². The number of hydrogen-bond donors (Lipinski definition) is 0. The molecule has 0 atom stereocenters. The van der Waals surface area contributed by atoms with Gasteiger partial charge in [0.05, 0.1) is 42.5 Å². The van der Waals surface area contributed by atoms with E-state index < -0.39 is 26.1 Å². The molecular formula is C21H10Cl2N4O7. The van der Waals surface area contributed by atoms with E-state index in [4.69, 9.17) is 27.9 Å². The summed E-state index contributed by atoms with van der Waals surface area (Å²) >= 11 is 12.5. The highest BCUT2D eigenvalue weighted by atomic mass is 35.5. The first kappa shape index (κ1) is 24.1. The zero-order chi connectivity index (χ0) is 25.0. The standard InChI is InChI=1S/C21H10Cl2N4O7/c22-17-8-12(7-14(11-24)13-1-3-15(4-2-13)25(28)29)9-18(23)21(17)34-20-6-5-16(26(30)31)10-19(20)27(32)33/h1-10H/b14-7+. The second kappa shape index (κ2) is 9.95. The van der Waals surface area contributed by atoms with Crippen LogP contribution in [0.4, 0.5) is 17.1 Å². The second-order valence-electron chi connectivity index (χ2n) is 6.56. The monoisotopic (exact) mass is 500 g/mol. The van der Waals surface area contributed by atoms with Crippen LogP contribution in [-0.4, -0.2) is 14.8 Å². The normalized spacial score (nSPS) is 10.9. The Balaban J connectivity index is 1.96. The third-order valence-electron chi connectivity index (χ3n) is 4.40. The summed E-state index contributed by atoms with van der Waals surface area (Å²) in [6.07, 6.45) is 1.44. The number of hydrogen-bond acceptors (Lipinski definition) is 8. The van der Waals surface area contributed by atoms with E-state index in [0.29, 0.717) is 11.1 Å². The summed E-state index contributed by atoms with van der Waals surface area (Å²) in [6.45, 7) is 0. The Morgan fingerprint density at radius 2 is 1.41 bits per heavy atom. The maximum atomic E-state index is 11.3. The molecule has 0 saturated carbocycles. The Labute approximate surface area is 200 Å². The van der Waals surface area contributed by atoms with E-state index in [1.165, 1.54) is 42.5 Å². The molecule has 0 N–H and O–H groups in total. The average Bonchev–Trinajstić information content (AvgIpc) is 2.79. The molecule has 0 fully saturated rings. The molecule has 13 heteroatoms. The number of allylic oxidation sites excluding steroid dienone is 1. The van der Waals surface area contributed by atoms with Crippen LogP contribution in [0.1, 0.15) is 11.1 Å². The summed E-state index contributed by atoms with van der Waals surface area (Å²) in [5.74, 6) is -0.447. The number of rotatable bonds is 7. The van der Waals surface area contributed by atoms with Crippen LogP contribution in [0.25, 0.3) is 11.6 Å². The molecule has 3 rings (SSSR count). The maximum Gasteiger partial charge on any atom is 0.318 e. The molecule has 0 radical (unpaired) electrons. The number of halogens is 2. The maximum absolute atomic E-state index is 11.3. The molecule has 0 spiro atoms. The third kappa shape index (κ3) is 5.26. The number of nitriles is 1. The molecule has 0 bridgehead atoms. The number of nitro groups is 3. The topological polar surface area (TPSA) is 162 Å². The molecule has 0 saturated heterocycles. The number of nitro benzene ring substituents is 3. The van der Waals surface area contributed by atoms with Gasteiger partial charge < -0.3 is 4.74 Å². The van der Waals surface area contributed by atoms with Gasteiger partial charge in [-0.05, 0) is 47.5 Å². The molecule has 170 valence electrons. The first-order valence-electron chi connectivity index (χ1n) is 9.07. The van der Waals surface area contributed by atoms with Crippen molar-refractivity contribution in [2.75, 3.05) is 0 Å². The molecule has 0 aliphatic carbocycles. The molecular weight excluding hydrogens is 491 g/mol. The van der Waals surface area contributed by atoms with Crippen molar-refractivity contribution in [2.24, 2.45) is 0 Å². The van der Waals surface area contributed by atoms with Crippen molar-refractivity contribution in [2.45, 2.75) is 0 Å². The lowest BCUT2D eigenvalue weighted by Gasteiger charge is -2.11. The number of ether oxygens (including phenoxy) is 1. The summed E-state index contributed by atoms with van der Waals surface area (Å²) in [4.78, 5) is 30.8. The Bertz CT molecular complexity index is 1380. The zero-order valence-corrected chi connectivity index (χ0v) is 18.2. The van der Waals surface area contributed by atoms with Crippen LogP contribution in [0.15, 0.2) is 54.6 Å². The van der Waals surface area contributed by atoms with Gasteiger partial charge in [0.2, 0.25) is 5.75 Å². The van der Waals surface area contributed by atoms with Crippen molar-refractivity contribution in [3.63, 3.8) is 0 Å². The van der Waals surface area contributed by atoms with Crippen molar-refractivity contribution in [1.29, 1.82) is 5.26 Å². The average molecular weight is 501 g/mol. The molecule has 34 heavy (non-hydrogen) atoms. The molecule has 0 aromatic heterocycles. The van der Waals surface area contributed by atoms with Gasteiger partial charge in [0, 0.05) is 18.2 Å². The molecule has 0 aliphatic heterocycles. The Morgan fingerprint density at radius 3 is 1.91 bits per heavy atom. The fourth-order valence-corrected chi connectivity index (χ4v) is 3.41. The molecule has 3 aromatic rings. The van der Waals surface area contributed by atoms with Gasteiger partial charge in [0.25, 0.3) is 11.4 Å². The number of benzene rings is 3. The van der Waals surface area contributed by atoms with E-state index in [-0.39, 0.29) is 32.8 Å².